The van der Waals surface area contributed by atoms with Crippen LogP contribution in [0.4, 0.5) is 14.5 Å². The van der Waals surface area contributed by atoms with E-state index in [1.165, 1.54) is 12.1 Å². The number of carbonyl (C=O) groups excluding carboxylic acids is 1. The van der Waals surface area contributed by atoms with Gasteiger partial charge in [-0.25, -0.2) is 8.78 Å². The van der Waals surface area contributed by atoms with Crippen LogP contribution >= 0.6 is 0 Å². The highest BCUT2D eigenvalue weighted by molar-refractivity contribution is 6.04. The Kier molecular flexibility index (Phi) is 3.87. The summed E-state index contributed by atoms with van der Waals surface area (Å²) in [6, 6.07) is 9.87. The standard InChI is InChI=1S/C14H11F2NO2/c15-12-6-2-5-11(13(12)16)14(19)17-10-4-1-3-9(7-10)8-18/h1-7,18H,8H2,(H,17,19). The molecule has 0 bridgehead atoms. The molecule has 2 N–H and O–H groups in total. The van der Waals surface area contributed by atoms with Gasteiger partial charge in [-0.3, -0.25) is 4.79 Å². The third kappa shape index (κ3) is 2.95. The lowest BCUT2D eigenvalue weighted by Crippen LogP contribution is -2.14. The molecule has 0 aliphatic carbocycles. The molecule has 0 radical (unpaired) electrons. The van der Waals surface area contributed by atoms with Crippen molar-refractivity contribution in [3.05, 3.63) is 65.2 Å². The van der Waals surface area contributed by atoms with E-state index in [9.17, 15) is 13.6 Å². The van der Waals surface area contributed by atoms with Crippen LogP contribution < -0.4 is 5.32 Å². The number of benzene rings is 2. The first-order chi connectivity index (χ1) is 9.11. The molecular weight excluding hydrogens is 252 g/mol. The minimum atomic E-state index is -1.18. The topological polar surface area (TPSA) is 49.3 Å². The Hall–Kier alpha value is -2.27. The molecule has 0 unspecified atom stereocenters. The molecule has 98 valence electrons. The summed E-state index contributed by atoms with van der Waals surface area (Å²) in [6.07, 6.45) is 0. The summed E-state index contributed by atoms with van der Waals surface area (Å²) < 4.78 is 26.4. The molecule has 3 nitrogen and oxygen atoms in total. The quantitative estimate of drug-likeness (QED) is 0.894. The van der Waals surface area contributed by atoms with Crippen LogP contribution in [0, 0.1) is 11.6 Å². The van der Waals surface area contributed by atoms with E-state index in [0.717, 1.165) is 6.07 Å². The van der Waals surface area contributed by atoms with E-state index in [-0.39, 0.29) is 12.2 Å². The van der Waals surface area contributed by atoms with E-state index in [4.69, 9.17) is 5.11 Å². The first-order valence-electron chi connectivity index (χ1n) is 5.57. The van der Waals surface area contributed by atoms with Crippen LogP contribution in [0.25, 0.3) is 0 Å². The molecule has 0 aliphatic rings. The number of anilines is 1. The van der Waals surface area contributed by atoms with Crippen LogP contribution in [0.2, 0.25) is 0 Å². The summed E-state index contributed by atoms with van der Waals surface area (Å²) in [7, 11) is 0. The van der Waals surface area contributed by atoms with Crippen molar-refractivity contribution in [1.29, 1.82) is 0 Å². The number of amides is 1. The summed E-state index contributed by atoms with van der Waals surface area (Å²) in [5.41, 5.74) is 0.645. The highest BCUT2D eigenvalue weighted by Gasteiger charge is 2.15. The lowest BCUT2D eigenvalue weighted by molar-refractivity contribution is 0.102. The maximum Gasteiger partial charge on any atom is 0.258 e. The summed E-state index contributed by atoms with van der Waals surface area (Å²) in [5, 5.41) is 11.4. The van der Waals surface area contributed by atoms with E-state index in [2.05, 4.69) is 5.32 Å². The zero-order valence-corrected chi connectivity index (χ0v) is 9.86. The van der Waals surface area contributed by atoms with Gasteiger partial charge in [-0.1, -0.05) is 18.2 Å². The Bertz CT molecular complexity index is 614. The summed E-state index contributed by atoms with van der Waals surface area (Å²) in [6.45, 7) is -0.169. The van der Waals surface area contributed by atoms with Crippen LogP contribution in [0.15, 0.2) is 42.5 Å². The van der Waals surface area contributed by atoms with Gasteiger partial charge in [0, 0.05) is 5.69 Å². The Morgan fingerprint density at radius 1 is 1.16 bits per heavy atom. The van der Waals surface area contributed by atoms with Crippen LogP contribution in [0.5, 0.6) is 0 Å². The average molecular weight is 263 g/mol. The number of halogens is 2. The predicted octanol–water partition coefficient (Wildman–Crippen LogP) is 2.71. The third-order valence-corrected chi connectivity index (χ3v) is 2.56. The van der Waals surface area contributed by atoms with Crippen molar-refractivity contribution in [2.24, 2.45) is 0 Å². The molecule has 0 aromatic heterocycles. The molecule has 19 heavy (non-hydrogen) atoms. The summed E-state index contributed by atoms with van der Waals surface area (Å²) in [4.78, 5) is 11.8. The lowest BCUT2D eigenvalue weighted by atomic mass is 10.1. The number of hydrogen-bond donors (Lipinski definition) is 2. The Labute approximate surface area is 108 Å². The molecule has 2 rings (SSSR count). The molecule has 5 heteroatoms. The third-order valence-electron chi connectivity index (χ3n) is 2.56. The molecule has 1 amide bonds. The molecule has 2 aromatic rings. The maximum absolute atomic E-state index is 13.4. The number of aliphatic hydroxyl groups excluding tert-OH is 1. The molecule has 0 aliphatic heterocycles. The molecule has 0 fully saturated rings. The molecule has 0 saturated carbocycles. The summed E-state index contributed by atoms with van der Waals surface area (Å²) >= 11 is 0. The molecule has 2 aromatic carbocycles. The second kappa shape index (κ2) is 5.58. The first kappa shape index (κ1) is 13.2. The van der Waals surface area contributed by atoms with E-state index < -0.39 is 17.5 Å². The van der Waals surface area contributed by atoms with Crippen molar-refractivity contribution >= 4 is 11.6 Å². The van der Waals surface area contributed by atoms with E-state index >= 15 is 0 Å². The van der Waals surface area contributed by atoms with E-state index in [1.807, 2.05) is 0 Å². The number of nitrogens with one attached hydrogen (secondary N) is 1. The normalized spacial score (nSPS) is 10.3. The minimum Gasteiger partial charge on any atom is -0.392 e. The molecular formula is C14H11F2NO2. The first-order valence-corrected chi connectivity index (χ1v) is 5.57. The molecule has 0 spiro atoms. The molecule has 0 saturated heterocycles. The van der Waals surface area contributed by atoms with Crippen molar-refractivity contribution in [2.45, 2.75) is 6.61 Å². The Morgan fingerprint density at radius 2 is 1.89 bits per heavy atom. The van der Waals surface area contributed by atoms with E-state index in [1.54, 1.807) is 24.3 Å². The maximum atomic E-state index is 13.4. The van der Waals surface area contributed by atoms with Gasteiger partial charge in [0.2, 0.25) is 0 Å². The number of hydrogen-bond acceptors (Lipinski definition) is 2. The highest BCUT2D eigenvalue weighted by Crippen LogP contribution is 2.15. The van der Waals surface area contributed by atoms with E-state index in [0.29, 0.717) is 11.3 Å². The van der Waals surface area contributed by atoms with Crippen LogP contribution in [-0.4, -0.2) is 11.0 Å². The fourth-order valence-corrected chi connectivity index (χ4v) is 1.63. The van der Waals surface area contributed by atoms with Gasteiger partial charge in [0.1, 0.15) is 0 Å². The SMILES string of the molecule is O=C(Nc1cccc(CO)c1)c1cccc(F)c1F. The fraction of sp³-hybridized carbons (Fsp3) is 0.0714. The summed E-state index contributed by atoms with van der Waals surface area (Å²) in [5.74, 6) is -3.00. The predicted molar refractivity (Wildman–Crippen MR) is 66.7 cm³/mol. The fourth-order valence-electron chi connectivity index (χ4n) is 1.63. The smallest absolute Gasteiger partial charge is 0.258 e. The molecule has 0 heterocycles. The highest BCUT2D eigenvalue weighted by atomic mass is 19.2. The van der Waals surface area contributed by atoms with Crippen molar-refractivity contribution in [2.75, 3.05) is 5.32 Å². The van der Waals surface area contributed by atoms with Crippen molar-refractivity contribution in [1.82, 2.24) is 0 Å². The van der Waals surface area contributed by atoms with Gasteiger partial charge in [0.15, 0.2) is 11.6 Å². The minimum absolute atomic E-state index is 0.169. The second-order valence-corrected chi connectivity index (χ2v) is 3.91. The molecule has 0 atom stereocenters. The number of aliphatic hydroxyl groups is 1. The second-order valence-electron chi connectivity index (χ2n) is 3.91. The Balaban J connectivity index is 2.23. The Morgan fingerprint density at radius 3 is 2.63 bits per heavy atom. The van der Waals surface area contributed by atoms with Gasteiger partial charge in [0.25, 0.3) is 5.91 Å². The van der Waals surface area contributed by atoms with Gasteiger partial charge in [-0.2, -0.15) is 0 Å². The lowest BCUT2D eigenvalue weighted by Gasteiger charge is -2.07. The average Bonchev–Trinajstić information content (AvgIpc) is 2.42. The van der Waals surface area contributed by atoms with Gasteiger partial charge >= 0.3 is 0 Å². The van der Waals surface area contributed by atoms with Gasteiger partial charge < -0.3 is 10.4 Å². The van der Waals surface area contributed by atoms with Crippen LogP contribution in [0.1, 0.15) is 15.9 Å². The van der Waals surface area contributed by atoms with Crippen LogP contribution in [-0.2, 0) is 6.61 Å². The number of carbonyl (C=O) groups is 1. The van der Waals surface area contributed by atoms with Gasteiger partial charge in [-0.15, -0.1) is 0 Å². The van der Waals surface area contributed by atoms with Crippen molar-refractivity contribution in [3.63, 3.8) is 0 Å². The monoisotopic (exact) mass is 263 g/mol. The largest absolute Gasteiger partial charge is 0.392 e. The number of rotatable bonds is 3. The zero-order valence-electron chi connectivity index (χ0n) is 9.86. The van der Waals surface area contributed by atoms with Crippen molar-refractivity contribution in [3.8, 4) is 0 Å². The van der Waals surface area contributed by atoms with Gasteiger partial charge in [-0.05, 0) is 29.8 Å². The van der Waals surface area contributed by atoms with Crippen LogP contribution in [0.3, 0.4) is 0 Å². The zero-order chi connectivity index (χ0) is 13.8. The van der Waals surface area contributed by atoms with Gasteiger partial charge in [0.05, 0.1) is 12.2 Å². The van der Waals surface area contributed by atoms with Crippen molar-refractivity contribution < 1.29 is 18.7 Å².